The van der Waals surface area contributed by atoms with Crippen LogP contribution in [-0.4, -0.2) is 30.0 Å². The van der Waals surface area contributed by atoms with Gasteiger partial charge in [0.2, 0.25) is 0 Å². The van der Waals surface area contributed by atoms with Crippen LogP contribution in [0.1, 0.15) is 13.8 Å². The molecule has 0 rings (SSSR count). The number of nitrogens with one attached hydrogen (secondary N) is 2. The Morgan fingerprint density at radius 2 is 2.18 bits per heavy atom. The quantitative estimate of drug-likeness (QED) is 0.272. The summed E-state index contributed by atoms with van der Waals surface area (Å²) in [6.07, 6.45) is -0.225. The summed E-state index contributed by atoms with van der Waals surface area (Å²) >= 11 is 0. The average Bonchev–Trinajstić information content (AvgIpc) is 1.86. The molecule has 4 N–H and O–H groups in total. The Bertz CT molecular complexity index is 98.9. The molecule has 0 spiro atoms. The molecule has 6 heteroatoms. The van der Waals surface area contributed by atoms with Gasteiger partial charge in [0.1, 0.15) is 0 Å². The zero-order valence-corrected chi connectivity index (χ0v) is 7.16. The van der Waals surface area contributed by atoms with E-state index in [0.29, 0.717) is 5.17 Å². The molecule has 0 amide bonds. The summed E-state index contributed by atoms with van der Waals surface area (Å²) in [5.74, 6) is 5.47. The second-order valence-electron chi connectivity index (χ2n) is 2.22. The van der Waals surface area contributed by atoms with Gasteiger partial charge in [0.15, 0.2) is 0 Å². The van der Waals surface area contributed by atoms with Crippen molar-refractivity contribution < 1.29 is 0 Å². The molecule has 0 bridgehead atoms. The number of hydroxylamine groups is 1. The van der Waals surface area contributed by atoms with Crippen molar-refractivity contribution in [2.75, 3.05) is 13.6 Å². The van der Waals surface area contributed by atoms with E-state index in [1.54, 1.807) is 6.92 Å². The van der Waals surface area contributed by atoms with Gasteiger partial charge < -0.3 is 10.4 Å². The molecule has 6 nitrogen and oxygen atoms in total. The van der Waals surface area contributed by atoms with Gasteiger partial charge >= 0.3 is 0 Å². The van der Waals surface area contributed by atoms with Crippen LogP contribution in [0.3, 0.4) is 0 Å². The van der Waals surface area contributed by atoms with Gasteiger partial charge in [0, 0.05) is 6.54 Å². The minimum atomic E-state index is -0.225. The van der Waals surface area contributed by atoms with E-state index < -0.39 is 0 Å². The van der Waals surface area contributed by atoms with Crippen molar-refractivity contribution in [3.05, 3.63) is 5.21 Å². The van der Waals surface area contributed by atoms with Crippen LogP contribution in [0.2, 0.25) is 0 Å². The Labute approximate surface area is 66.8 Å². The molecule has 0 aliphatic rings. The van der Waals surface area contributed by atoms with Crippen molar-refractivity contribution in [2.24, 2.45) is 5.84 Å². The molecule has 0 heterocycles. The first-order chi connectivity index (χ1) is 5.07. The Kier molecular flexibility index (Phi) is 5.30. The lowest BCUT2D eigenvalue weighted by Gasteiger charge is -2.32. The average molecular weight is 162 g/mol. The first-order valence-electron chi connectivity index (χ1n) is 3.52. The smallest absolute Gasteiger partial charge is 0.0977 e. The lowest BCUT2D eigenvalue weighted by atomic mass is 10.6. The first kappa shape index (κ1) is 10.8. The molecule has 0 aromatic heterocycles. The highest BCUT2D eigenvalue weighted by molar-refractivity contribution is 4.52. The first-order valence-corrected chi connectivity index (χ1v) is 3.52. The molecule has 0 aromatic carbocycles. The number of rotatable bonds is 5. The van der Waals surface area contributed by atoms with Gasteiger partial charge in [-0.3, -0.25) is 5.84 Å². The van der Waals surface area contributed by atoms with Crippen molar-refractivity contribution >= 4 is 0 Å². The van der Waals surface area contributed by atoms with E-state index in [1.165, 1.54) is 12.2 Å². The van der Waals surface area contributed by atoms with Crippen LogP contribution >= 0.6 is 0 Å². The van der Waals surface area contributed by atoms with E-state index in [9.17, 15) is 5.21 Å². The SMILES string of the molecule is CCNN(N)[C@H](C)NN(C)[O-]. The summed E-state index contributed by atoms with van der Waals surface area (Å²) in [6.45, 7) is 4.43. The molecular weight excluding hydrogens is 146 g/mol. The number of nitrogens with zero attached hydrogens (tertiary/aromatic N) is 2. The third-order valence-electron chi connectivity index (χ3n) is 1.13. The minimum absolute atomic E-state index is 0.225. The minimum Gasteiger partial charge on any atom is -0.772 e. The third-order valence-corrected chi connectivity index (χ3v) is 1.13. The zero-order chi connectivity index (χ0) is 8.85. The normalized spacial score (nSPS) is 14.5. The maximum atomic E-state index is 10.5. The predicted octanol–water partition coefficient (Wildman–Crippen LogP) is -1.03. The van der Waals surface area contributed by atoms with Gasteiger partial charge in [0.25, 0.3) is 0 Å². The maximum absolute atomic E-state index is 10.5. The van der Waals surface area contributed by atoms with Crippen LogP contribution in [0, 0.1) is 5.21 Å². The van der Waals surface area contributed by atoms with E-state index in [0.717, 1.165) is 6.54 Å². The fourth-order valence-corrected chi connectivity index (χ4v) is 0.645. The van der Waals surface area contributed by atoms with E-state index >= 15 is 0 Å². The highest BCUT2D eigenvalue weighted by Gasteiger charge is 2.05. The molecule has 0 aromatic rings. The van der Waals surface area contributed by atoms with Gasteiger partial charge in [0.05, 0.1) is 6.17 Å². The summed E-state index contributed by atoms with van der Waals surface area (Å²) < 4.78 is 0. The molecular formula is C5H16N5O-. The number of hydrazine groups is 3. The van der Waals surface area contributed by atoms with Crippen LogP contribution in [-0.2, 0) is 0 Å². The molecule has 0 saturated carbocycles. The monoisotopic (exact) mass is 162 g/mol. The van der Waals surface area contributed by atoms with Gasteiger partial charge in [-0.2, -0.15) is 5.12 Å². The standard InChI is InChI=1S/C5H16N5O/c1-4-7-10(6)5(2)8-9(3)11/h5,7-8H,4,6H2,1-3H3/q-1/t5-/m1/s1. The molecule has 1 atom stereocenters. The Balaban J connectivity index is 3.54. The van der Waals surface area contributed by atoms with Gasteiger partial charge in [-0.1, -0.05) is 6.92 Å². The van der Waals surface area contributed by atoms with E-state index in [1.807, 2.05) is 6.92 Å². The summed E-state index contributed by atoms with van der Waals surface area (Å²) in [6, 6.07) is 0. The number of hydrogen-bond acceptors (Lipinski definition) is 6. The summed E-state index contributed by atoms with van der Waals surface area (Å²) in [7, 11) is 1.37. The summed E-state index contributed by atoms with van der Waals surface area (Å²) in [5.41, 5.74) is 5.38. The van der Waals surface area contributed by atoms with Crippen molar-refractivity contribution in [1.82, 2.24) is 21.1 Å². The molecule has 11 heavy (non-hydrogen) atoms. The largest absolute Gasteiger partial charge is 0.772 e. The molecule has 0 aliphatic carbocycles. The zero-order valence-electron chi connectivity index (χ0n) is 7.16. The second-order valence-corrected chi connectivity index (χ2v) is 2.22. The van der Waals surface area contributed by atoms with Crippen molar-refractivity contribution in [3.8, 4) is 0 Å². The number of nitrogens with two attached hydrogens (primary N) is 1. The van der Waals surface area contributed by atoms with Crippen molar-refractivity contribution in [3.63, 3.8) is 0 Å². The molecule has 68 valence electrons. The van der Waals surface area contributed by atoms with Crippen LogP contribution in [0.4, 0.5) is 0 Å². The van der Waals surface area contributed by atoms with Crippen LogP contribution in [0.5, 0.6) is 0 Å². The fourth-order valence-electron chi connectivity index (χ4n) is 0.645. The van der Waals surface area contributed by atoms with E-state index in [2.05, 4.69) is 10.9 Å². The topological polar surface area (TPSA) is 79.6 Å². The van der Waals surface area contributed by atoms with Crippen molar-refractivity contribution in [2.45, 2.75) is 20.0 Å². The maximum Gasteiger partial charge on any atom is 0.0977 e. The lowest BCUT2D eigenvalue weighted by Crippen LogP contribution is -2.57. The van der Waals surface area contributed by atoms with Crippen LogP contribution in [0.15, 0.2) is 0 Å². The summed E-state index contributed by atoms with van der Waals surface area (Å²) in [4.78, 5) is 0. The predicted molar refractivity (Wildman–Crippen MR) is 43.4 cm³/mol. The van der Waals surface area contributed by atoms with Crippen LogP contribution in [0.25, 0.3) is 0 Å². The highest BCUT2D eigenvalue weighted by atomic mass is 16.5. The van der Waals surface area contributed by atoms with Gasteiger partial charge in [-0.25, -0.2) is 10.9 Å². The third kappa shape index (κ3) is 5.08. The fraction of sp³-hybridized carbons (Fsp3) is 1.00. The molecule has 0 saturated heterocycles. The number of hydrogen-bond donors (Lipinski definition) is 3. The highest BCUT2D eigenvalue weighted by Crippen LogP contribution is 1.83. The second kappa shape index (κ2) is 5.42. The van der Waals surface area contributed by atoms with Crippen LogP contribution < -0.4 is 16.7 Å². The molecule has 0 fully saturated rings. The lowest BCUT2D eigenvalue weighted by molar-refractivity contribution is 0.0716. The molecule has 0 aliphatic heterocycles. The molecule has 0 radical (unpaired) electrons. The Hall–Kier alpha value is -0.240. The Morgan fingerprint density at radius 3 is 2.55 bits per heavy atom. The summed E-state index contributed by atoms with van der Waals surface area (Å²) in [5, 5.41) is 12.4. The van der Waals surface area contributed by atoms with E-state index in [4.69, 9.17) is 5.84 Å². The molecule has 0 unspecified atom stereocenters. The van der Waals surface area contributed by atoms with Gasteiger partial charge in [-0.05, 0) is 14.0 Å². The van der Waals surface area contributed by atoms with Gasteiger partial charge in [-0.15, -0.1) is 0 Å². The van der Waals surface area contributed by atoms with E-state index in [-0.39, 0.29) is 6.17 Å². The Morgan fingerprint density at radius 1 is 1.64 bits per heavy atom. The van der Waals surface area contributed by atoms with Crippen molar-refractivity contribution in [1.29, 1.82) is 0 Å².